The van der Waals surface area contributed by atoms with E-state index in [1.54, 1.807) is 28.7 Å². The predicted molar refractivity (Wildman–Crippen MR) is 177 cm³/mol. The fraction of sp³-hybridized carbons (Fsp3) is 0.559. The largest absolute Gasteiger partial charge is 0.459 e. The van der Waals surface area contributed by atoms with Crippen LogP contribution in [0, 0.1) is 11.8 Å². The van der Waals surface area contributed by atoms with Crippen LogP contribution in [-0.4, -0.2) is 74.0 Å². The highest BCUT2D eigenvalue weighted by Gasteiger charge is 2.33. The van der Waals surface area contributed by atoms with E-state index in [1.165, 1.54) is 0 Å². The number of ketones is 1. The molecule has 0 aliphatic carbocycles. The van der Waals surface area contributed by atoms with Crippen molar-refractivity contribution >= 4 is 48.9 Å². The van der Waals surface area contributed by atoms with E-state index in [0.717, 1.165) is 23.6 Å². The normalized spacial score (nSPS) is 13.0. The van der Waals surface area contributed by atoms with Gasteiger partial charge < -0.3 is 23.7 Å². The van der Waals surface area contributed by atoms with Gasteiger partial charge in [-0.25, -0.2) is 0 Å². The Morgan fingerprint density at radius 3 is 2.02 bits per heavy atom. The molecule has 2 unspecified atom stereocenters. The van der Waals surface area contributed by atoms with E-state index in [2.05, 4.69) is 13.5 Å². The summed E-state index contributed by atoms with van der Waals surface area (Å²) in [4.78, 5) is 37.9. The van der Waals surface area contributed by atoms with E-state index < -0.39 is 17.5 Å². The van der Waals surface area contributed by atoms with Crippen LogP contribution < -0.4 is 0 Å². The Morgan fingerprint density at radius 2 is 1.42 bits per heavy atom. The van der Waals surface area contributed by atoms with Crippen molar-refractivity contribution in [1.82, 2.24) is 0 Å². The minimum atomic E-state index is -0.973. The molecule has 0 bridgehead atoms. The molecule has 0 saturated heterocycles. The lowest BCUT2D eigenvalue weighted by molar-refractivity contribution is -0.161. The molecule has 0 heterocycles. The van der Waals surface area contributed by atoms with Gasteiger partial charge in [-0.1, -0.05) is 49.4 Å². The second kappa shape index (κ2) is 20.7. The van der Waals surface area contributed by atoms with Gasteiger partial charge in [-0.05, 0) is 84.9 Å². The van der Waals surface area contributed by atoms with Gasteiger partial charge in [-0.2, -0.15) is 0 Å². The molecule has 0 amide bonds. The average Bonchev–Trinajstić information content (AvgIpc) is 2.97. The topological polar surface area (TPSA) is 97.4 Å². The van der Waals surface area contributed by atoms with Crippen LogP contribution in [0.3, 0.4) is 0 Å². The number of fused-ring (bicyclic) bond motifs is 1. The van der Waals surface area contributed by atoms with E-state index in [4.69, 9.17) is 23.7 Å². The molecule has 2 aromatic rings. The van der Waals surface area contributed by atoms with E-state index in [1.807, 2.05) is 56.3 Å². The van der Waals surface area contributed by atoms with Gasteiger partial charge in [0.25, 0.3) is 0 Å². The molecule has 0 aliphatic heterocycles. The average molecular weight is 711 g/mol. The van der Waals surface area contributed by atoms with E-state index in [0.29, 0.717) is 70.6 Å². The van der Waals surface area contributed by atoms with Gasteiger partial charge >= 0.3 is 5.97 Å². The summed E-state index contributed by atoms with van der Waals surface area (Å²) in [5.41, 5.74) is -0.220. The molecular formula is C34H47IO8. The van der Waals surface area contributed by atoms with Crippen LogP contribution in [0.5, 0.6) is 0 Å². The van der Waals surface area contributed by atoms with Gasteiger partial charge in [0.05, 0.1) is 46.2 Å². The molecule has 0 aromatic heterocycles. The third kappa shape index (κ3) is 15.4. The zero-order chi connectivity index (χ0) is 31.5. The molecular weight excluding hydrogens is 663 g/mol. The number of hydrogen-bond donors (Lipinski definition) is 0. The lowest BCUT2D eigenvalue weighted by atomic mass is 9.92. The molecule has 2 rings (SSSR count). The maximum atomic E-state index is 13.6. The Kier molecular flexibility index (Phi) is 17.8. The fourth-order valence-corrected chi connectivity index (χ4v) is 4.60. The van der Waals surface area contributed by atoms with Crippen molar-refractivity contribution in [2.45, 2.75) is 58.5 Å². The lowest BCUT2D eigenvalue weighted by Crippen LogP contribution is -2.35. The first-order valence-corrected chi connectivity index (χ1v) is 16.1. The van der Waals surface area contributed by atoms with Crippen molar-refractivity contribution in [3.05, 3.63) is 60.7 Å². The van der Waals surface area contributed by atoms with Crippen LogP contribution in [0.4, 0.5) is 0 Å². The van der Waals surface area contributed by atoms with Crippen LogP contribution in [0.25, 0.3) is 10.8 Å². The molecule has 2 atom stereocenters. The third-order valence-corrected chi connectivity index (χ3v) is 7.50. The molecule has 0 spiro atoms. The van der Waals surface area contributed by atoms with Crippen LogP contribution >= 0.6 is 22.6 Å². The molecule has 9 heteroatoms. The van der Waals surface area contributed by atoms with Crippen LogP contribution in [0.2, 0.25) is 0 Å². The summed E-state index contributed by atoms with van der Waals surface area (Å²) in [6.07, 6.45) is 5.07. The number of benzene rings is 2. The van der Waals surface area contributed by atoms with E-state index in [-0.39, 0.29) is 22.6 Å². The van der Waals surface area contributed by atoms with Crippen molar-refractivity contribution in [3.63, 3.8) is 0 Å². The van der Waals surface area contributed by atoms with Crippen LogP contribution in [0.15, 0.2) is 55.1 Å². The van der Waals surface area contributed by atoms with Crippen molar-refractivity contribution < 1.29 is 38.1 Å². The summed E-state index contributed by atoms with van der Waals surface area (Å²) in [6, 6.07) is 13.3. The number of allylic oxidation sites excluding steroid dienone is 1. The highest BCUT2D eigenvalue weighted by atomic mass is 127. The predicted octanol–water partition coefficient (Wildman–Crippen LogP) is 6.76. The van der Waals surface area contributed by atoms with Crippen molar-refractivity contribution in [1.29, 1.82) is 0 Å². The van der Waals surface area contributed by atoms with Gasteiger partial charge in [0.1, 0.15) is 11.5 Å². The van der Waals surface area contributed by atoms with Gasteiger partial charge in [0.15, 0.2) is 9.57 Å². The Bertz CT molecular complexity index is 1150. The number of rotatable bonds is 24. The number of esters is 1. The Labute approximate surface area is 269 Å². The zero-order valence-electron chi connectivity index (χ0n) is 25.8. The highest BCUT2D eigenvalue weighted by molar-refractivity contribution is 14.1. The number of hydrogen-bond acceptors (Lipinski definition) is 8. The second-order valence-corrected chi connectivity index (χ2v) is 12.3. The first-order chi connectivity index (χ1) is 20.6. The van der Waals surface area contributed by atoms with Crippen LogP contribution in [0.1, 0.15) is 63.2 Å². The molecule has 2 aromatic carbocycles. The van der Waals surface area contributed by atoms with Crippen molar-refractivity contribution in [3.8, 4) is 0 Å². The molecule has 0 radical (unpaired) electrons. The summed E-state index contributed by atoms with van der Waals surface area (Å²) in [5, 5.41) is 1.97. The molecule has 0 saturated carbocycles. The van der Waals surface area contributed by atoms with E-state index in [9.17, 15) is 14.4 Å². The van der Waals surface area contributed by atoms with E-state index >= 15 is 0 Å². The highest BCUT2D eigenvalue weighted by Crippen LogP contribution is 2.25. The maximum absolute atomic E-state index is 13.6. The zero-order valence-corrected chi connectivity index (χ0v) is 28.0. The first-order valence-electron chi connectivity index (χ1n) is 15.0. The SMILES string of the molecule is C=CC(C)CCCC(C)(C)OC(=O)C(CCOCCOCCOCCOCCC(=O)I)C(=O)c1ccc2ccccc2c1. The molecule has 43 heavy (non-hydrogen) atoms. The minimum absolute atomic E-state index is 0.0743. The third-order valence-electron chi connectivity index (χ3n) is 6.96. The number of carbonyl (C=O) groups excluding carboxylic acids is 3. The van der Waals surface area contributed by atoms with Gasteiger partial charge in [0, 0.05) is 18.6 Å². The summed E-state index contributed by atoms with van der Waals surface area (Å²) in [6.45, 7) is 12.7. The fourth-order valence-electron chi connectivity index (χ4n) is 4.38. The Hall–Kier alpha value is -2.18. The minimum Gasteiger partial charge on any atom is -0.459 e. The molecule has 0 N–H and O–H groups in total. The summed E-state index contributed by atoms with van der Waals surface area (Å²) < 4.78 is 28.0. The molecule has 0 fully saturated rings. The van der Waals surface area contributed by atoms with Crippen molar-refractivity contribution in [2.75, 3.05) is 52.9 Å². The number of Topliss-reactive ketones (excluding diaryl/α,β-unsaturated/α-hetero) is 1. The number of ether oxygens (including phenoxy) is 5. The lowest BCUT2D eigenvalue weighted by Gasteiger charge is -2.28. The quantitative estimate of drug-likeness (QED) is 0.0224. The summed E-state index contributed by atoms with van der Waals surface area (Å²) >= 11 is 1.75. The molecule has 0 aliphatic rings. The molecule has 238 valence electrons. The smallest absolute Gasteiger partial charge is 0.317 e. The van der Waals surface area contributed by atoms with Gasteiger partial charge in [0.2, 0.25) is 0 Å². The Balaban J connectivity index is 1.83. The Morgan fingerprint density at radius 1 is 0.837 bits per heavy atom. The van der Waals surface area contributed by atoms with Gasteiger partial charge in [-0.15, -0.1) is 6.58 Å². The first kappa shape index (κ1) is 37.0. The maximum Gasteiger partial charge on any atom is 0.317 e. The summed E-state index contributed by atoms with van der Waals surface area (Å²) in [7, 11) is 0. The van der Waals surface area contributed by atoms with Crippen molar-refractivity contribution in [2.24, 2.45) is 11.8 Å². The number of halogens is 1. The van der Waals surface area contributed by atoms with Crippen LogP contribution in [-0.2, 0) is 33.3 Å². The molecule has 8 nitrogen and oxygen atoms in total. The standard InChI is InChI=1S/C34H47IO8/c1-5-26(2)9-8-16-34(3,4)43-33(38)30(32(37)29-13-12-27-10-6-7-11-28(27)25-29)14-17-39-19-21-41-23-24-42-22-20-40-18-15-31(35)36/h5-7,10-13,25-26,30H,1,8-9,14-24H2,2-4H3. The monoisotopic (exact) mass is 710 g/mol. The number of carbonyl (C=O) groups is 3. The van der Waals surface area contributed by atoms with Gasteiger partial charge in [-0.3, -0.25) is 14.4 Å². The summed E-state index contributed by atoms with van der Waals surface area (Å²) in [5.74, 6) is -1.37. The second-order valence-electron chi connectivity index (χ2n) is 11.1.